The fraction of sp³-hybridized carbons (Fsp3) is 0.263. The number of para-hydroxylation sites is 1. The molecule has 0 aromatic heterocycles. The summed E-state index contributed by atoms with van der Waals surface area (Å²) in [5.41, 5.74) is 1.05. The van der Waals surface area contributed by atoms with Gasteiger partial charge in [0.2, 0.25) is 0 Å². The summed E-state index contributed by atoms with van der Waals surface area (Å²) < 4.78 is 5.08. The van der Waals surface area contributed by atoms with Gasteiger partial charge in [-0.15, -0.1) is 0 Å². The number of hydrogen-bond acceptors (Lipinski definition) is 3. The molecule has 26 heavy (non-hydrogen) atoms. The molecule has 2 aromatic carbocycles. The largest absolute Gasteiger partial charge is 0.494 e. The third-order valence-electron chi connectivity index (χ3n) is 3.56. The number of hydrogen-bond donors (Lipinski definition) is 2. The van der Waals surface area contributed by atoms with E-state index < -0.39 is 5.91 Å². The van der Waals surface area contributed by atoms with Gasteiger partial charge in [-0.1, -0.05) is 49.2 Å². The zero-order valence-corrected chi connectivity index (χ0v) is 16.2. The highest BCUT2D eigenvalue weighted by Crippen LogP contribution is 2.34. The third kappa shape index (κ3) is 4.90. The molecule has 0 aliphatic rings. The van der Waals surface area contributed by atoms with Gasteiger partial charge in [-0.2, -0.15) is 0 Å². The number of amides is 2. The standard InChI is InChI=1S/C19H20Cl2N2O3/c1-11(2)10-22-19(25)13-6-4-5-7-16(13)23-18(24)12-8-14(20)17(26-3)15(21)9-12/h4-9,11H,10H2,1-3H3,(H,22,25)(H,23,24). The number of rotatable bonds is 6. The summed E-state index contributed by atoms with van der Waals surface area (Å²) in [5.74, 6) is -0.0522. The fourth-order valence-corrected chi connectivity index (χ4v) is 2.90. The fourth-order valence-electron chi connectivity index (χ4n) is 2.26. The van der Waals surface area contributed by atoms with Crippen molar-refractivity contribution in [3.8, 4) is 5.75 Å². The molecule has 138 valence electrons. The van der Waals surface area contributed by atoms with Crippen LogP contribution in [0.5, 0.6) is 5.75 Å². The van der Waals surface area contributed by atoms with Crippen LogP contribution in [0.15, 0.2) is 36.4 Å². The third-order valence-corrected chi connectivity index (χ3v) is 4.12. The number of halogens is 2. The Morgan fingerprint density at radius 1 is 1.08 bits per heavy atom. The summed E-state index contributed by atoms with van der Waals surface area (Å²) in [7, 11) is 1.44. The molecule has 0 saturated carbocycles. The first-order valence-electron chi connectivity index (χ1n) is 8.05. The van der Waals surface area contributed by atoms with Gasteiger partial charge in [0.25, 0.3) is 11.8 Å². The van der Waals surface area contributed by atoms with Gasteiger partial charge >= 0.3 is 0 Å². The molecule has 2 rings (SSSR count). The van der Waals surface area contributed by atoms with Gasteiger partial charge in [-0.05, 0) is 30.2 Å². The highest BCUT2D eigenvalue weighted by atomic mass is 35.5. The Bertz CT molecular complexity index is 799. The summed E-state index contributed by atoms with van der Waals surface area (Å²) in [6.07, 6.45) is 0. The second kappa shape index (κ2) is 8.92. The molecule has 7 heteroatoms. The Labute approximate surface area is 162 Å². The summed E-state index contributed by atoms with van der Waals surface area (Å²) in [5, 5.41) is 6.02. The van der Waals surface area contributed by atoms with E-state index in [1.54, 1.807) is 24.3 Å². The van der Waals surface area contributed by atoms with Gasteiger partial charge in [-0.25, -0.2) is 0 Å². The van der Waals surface area contributed by atoms with E-state index >= 15 is 0 Å². The molecule has 0 bridgehead atoms. The minimum absolute atomic E-state index is 0.230. The predicted molar refractivity (Wildman–Crippen MR) is 105 cm³/mol. The molecule has 0 heterocycles. The van der Waals surface area contributed by atoms with E-state index in [1.165, 1.54) is 19.2 Å². The van der Waals surface area contributed by atoms with Gasteiger partial charge in [0, 0.05) is 12.1 Å². The van der Waals surface area contributed by atoms with E-state index in [-0.39, 0.29) is 21.5 Å². The van der Waals surface area contributed by atoms with Crippen LogP contribution in [-0.2, 0) is 0 Å². The van der Waals surface area contributed by atoms with Crippen molar-refractivity contribution in [1.82, 2.24) is 5.32 Å². The lowest BCUT2D eigenvalue weighted by atomic mass is 10.1. The molecule has 2 aromatic rings. The van der Waals surface area contributed by atoms with Crippen molar-refractivity contribution in [2.45, 2.75) is 13.8 Å². The lowest BCUT2D eigenvalue weighted by Crippen LogP contribution is -2.28. The van der Waals surface area contributed by atoms with Crippen molar-refractivity contribution in [2.75, 3.05) is 19.0 Å². The molecule has 2 amide bonds. The SMILES string of the molecule is COc1c(Cl)cc(C(=O)Nc2ccccc2C(=O)NCC(C)C)cc1Cl. The molecule has 2 N–H and O–H groups in total. The zero-order chi connectivity index (χ0) is 19.3. The average molecular weight is 395 g/mol. The predicted octanol–water partition coefficient (Wildman–Crippen LogP) is 4.64. The van der Waals surface area contributed by atoms with Crippen molar-refractivity contribution in [3.63, 3.8) is 0 Å². The van der Waals surface area contributed by atoms with Gasteiger partial charge in [0.15, 0.2) is 5.75 Å². The Kier molecular flexibility index (Phi) is 6.89. The van der Waals surface area contributed by atoms with Crippen LogP contribution >= 0.6 is 23.2 Å². The van der Waals surface area contributed by atoms with Gasteiger partial charge in [-0.3, -0.25) is 9.59 Å². The minimum atomic E-state index is -0.430. The van der Waals surface area contributed by atoms with Gasteiger partial charge in [0.1, 0.15) is 0 Å². The topological polar surface area (TPSA) is 67.4 Å². The van der Waals surface area contributed by atoms with Crippen LogP contribution in [0.25, 0.3) is 0 Å². The minimum Gasteiger partial charge on any atom is -0.494 e. The summed E-state index contributed by atoms with van der Waals surface area (Å²) in [6, 6.07) is 9.71. The van der Waals surface area contributed by atoms with Crippen LogP contribution in [0.4, 0.5) is 5.69 Å². The molecule has 0 spiro atoms. The van der Waals surface area contributed by atoms with Crippen LogP contribution in [-0.4, -0.2) is 25.5 Å². The number of carbonyl (C=O) groups is 2. The summed E-state index contributed by atoms with van der Waals surface area (Å²) >= 11 is 12.2. The molecule has 0 unspecified atom stereocenters. The number of methoxy groups -OCH3 is 1. The lowest BCUT2D eigenvalue weighted by Gasteiger charge is -2.13. The monoisotopic (exact) mass is 394 g/mol. The van der Waals surface area contributed by atoms with Crippen molar-refractivity contribution < 1.29 is 14.3 Å². The summed E-state index contributed by atoms with van der Waals surface area (Å²) in [4.78, 5) is 24.9. The first kappa shape index (κ1) is 20.1. The maximum absolute atomic E-state index is 12.6. The van der Waals surface area contributed by atoms with Crippen LogP contribution in [0, 0.1) is 5.92 Å². The molecule has 0 atom stereocenters. The van der Waals surface area contributed by atoms with Crippen LogP contribution in [0.2, 0.25) is 10.0 Å². The first-order chi connectivity index (χ1) is 12.3. The van der Waals surface area contributed by atoms with Crippen LogP contribution in [0.1, 0.15) is 34.6 Å². The molecular weight excluding hydrogens is 375 g/mol. The Morgan fingerprint density at radius 2 is 1.69 bits per heavy atom. The highest BCUT2D eigenvalue weighted by molar-refractivity contribution is 6.37. The quantitative estimate of drug-likeness (QED) is 0.749. The Morgan fingerprint density at radius 3 is 2.27 bits per heavy atom. The maximum atomic E-state index is 12.6. The molecule has 0 saturated heterocycles. The van der Waals surface area contributed by atoms with E-state index in [0.29, 0.717) is 29.5 Å². The van der Waals surface area contributed by atoms with E-state index in [1.807, 2.05) is 13.8 Å². The molecule has 0 fully saturated rings. The van der Waals surface area contributed by atoms with E-state index in [4.69, 9.17) is 27.9 Å². The smallest absolute Gasteiger partial charge is 0.255 e. The number of carbonyl (C=O) groups excluding carboxylic acids is 2. The van der Waals surface area contributed by atoms with E-state index in [2.05, 4.69) is 10.6 Å². The highest BCUT2D eigenvalue weighted by Gasteiger charge is 2.17. The Hall–Kier alpha value is -2.24. The normalized spacial score (nSPS) is 10.5. The molecular formula is C19H20Cl2N2O3. The van der Waals surface area contributed by atoms with E-state index in [0.717, 1.165) is 0 Å². The second-order valence-corrected chi connectivity index (χ2v) is 6.89. The van der Waals surface area contributed by atoms with Crippen molar-refractivity contribution >= 4 is 40.7 Å². The number of anilines is 1. The molecule has 5 nitrogen and oxygen atoms in total. The molecule has 0 aliphatic heterocycles. The average Bonchev–Trinajstić information content (AvgIpc) is 2.59. The lowest BCUT2D eigenvalue weighted by molar-refractivity contribution is 0.0950. The number of benzene rings is 2. The van der Waals surface area contributed by atoms with Crippen molar-refractivity contribution in [1.29, 1.82) is 0 Å². The second-order valence-electron chi connectivity index (χ2n) is 6.08. The van der Waals surface area contributed by atoms with Crippen LogP contribution < -0.4 is 15.4 Å². The van der Waals surface area contributed by atoms with Crippen molar-refractivity contribution in [2.24, 2.45) is 5.92 Å². The molecule has 0 radical (unpaired) electrons. The summed E-state index contributed by atoms with van der Waals surface area (Å²) in [6.45, 7) is 4.56. The zero-order valence-electron chi connectivity index (χ0n) is 14.7. The Balaban J connectivity index is 2.23. The maximum Gasteiger partial charge on any atom is 0.255 e. The number of nitrogens with one attached hydrogen (secondary N) is 2. The molecule has 0 aliphatic carbocycles. The van der Waals surface area contributed by atoms with Crippen LogP contribution in [0.3, 0.4) is 0 Å². The van der Waals surface area contributed by atoms with Gasteiger partial charge in [0.05, 0.1) is 28.4 Å². The number of ether oxygens (including phenoxy) is 1. The van der Waals surface area contributed by atoms with Crippen molar-refractivity contribution in [3.05, 3.63) is 57.6 Å². The first-order valence-corrected chi connectivity index (χ1v) is 8.80. The van der Waals surface area contributed by atoms with E-state index in [9.17, 15) is 9.59 Å². The van der Waals surface area contributed by atoms with Gasteiger partial charge < -0.3 is 15.4 Å².